The van der Waals surface area contributed by atoms with Crippen LogP contribution in [0.4, 0.5) is 4.79 Å². The monoisotopic (exact) mass is 325 g/mol. The molecule has 0 saturated carbocycles. The lowest BCUT2D eigenvalue weighted by atomic mass is 10.1. The quantitative estimate of drug-likeness (QED) is 0.780. The molecule has 7 heteroatoms. The average Bonchev–Trinajstić information content (AvgIpc) is 2.45. The standard InChI is InChI=1S/C15H23N3O3S/c1-11-5-8-16-13(17-11)22(20)12-6-9-18(10-7-12)14(19)21-15(2,3)4/h5,8,12H,6-7,9-10H2,1-4H3/t22-/m0/s1. The van der Waals surface area contributed by atoms with Gasteiger partial charge in [0.2, 0.25) is 5.16 Å². The van der Waals surface area contributed by atoms with Crippen molar-refractivity contribution in [2.75, 3.05) is 13.1 Å². The SMILES string of the molecule is Cc1ccnc([S@@](=O)C2CCN(C(=O)OC(C)(C)C)CC2)n1. The molecule has 2 rings (SSSR count). The van der Waals surface area contributed by atoms with Crippen LogP contribution >= 0.6 is 0 Å². The molecule has 0 aromatic carbocycles. The Bertz CT molecular complexity index is 563. The summed E-state index contributed by atoms with van der Waals surface area (Å²) in [5, 5.41) is 0.371. The van der Waals surface area contributed by atoms with E-state index in [-0.39, 0.29) is 11.3 Å². The van der Waals surface area contributed by atoms with E-state index in [0.29, 0.717) is 31.1 Å². The molecule has 0 radical (unpaired) electrons. The maximum Gasteiger partial charge on any atom is 0.410 e. The molecule has 2 heterocycles. The highest BCUT2D eigenvalue weighted by atomic mass is 32.2. The number of piperidine rings is 1. The molecule has 0 unspecified atom stereocenters. The van der Waals surface area contributed by atoms with Crippen molar-refractivity contribution in [2.45, 2.75) is 56.5 Å². The topological polar surface area (TPSA) is 72.4 Å². The smallest absolute Gasteiger partial charge is 0.410 e. The molecule has 1 aliphatic heterocycles. The molecule has 22 heavy (non-hydrogen) atoms. The van der Waals surface area contributed by atoms with Crippen molar-refractivity contribution in [3.8, 4) is 0 Å². The van der Waals surface area contributed by atoms with Gasteiger partial charge in [0.15, 0.2) is 0 Å². The summed E-state index contributed by atoms with van der Waals surface area (Å²) in [7, 11) is -1.23. The van der Waals surface area contributed by atoms with Crippen molar-refractivity contribution in [3.63, 3.8) is 0 Å². The second kappa shape index (κ2) is 6.73. The Kier molecular flexibility index (Phi) is 5.16. The number of nitrogens with zero attached hydrogens (tertiary/aromatic N) is 3. The molecule has 1 saturated heterocycles. The van der Waals surface area contributed by atoms with Gasteiger partial charge in [-0.1, -0.05) is 0 Å². The molecule has 1 amide bonds. The van der Waals surface area contributed by atoms with E-state index in [4.69, 9.17) is 4.74 Å². The predicted molar refractivity (Wildman–Crippen MR) is 84.0 cm³/mol. The van der Waals surface area contributed by atoms with E-state index in [0.717, 1.165) is 5.69 Å². The van der Waals surface area contributed by atoms with Crippen LogP contribution in [0, 0.1) is 6.92 Å². The Labute approximate surface area is 133 Å². The maximum absolute atomic E-state index is 12.5. The van der Waals surface area contributed by atoms with Crippen molar-refractivity contribution in [2.24, 2.45) is 0 Å². The number of aromatic nitrogens is 2. The van der Waals surface area contributed by atoms with Gasteiger partial charge < -0.3 is 9.64 Å². The van der Waals surface area contributed by atoms with Gasteiger partial charge in [-0.05, 0) is 46.6 Å². The summed E-state index contributed by atoms with van der Waals surface area (Å²) in [6.45, 7) is 8.51. The van der Waals surface area contributed by atoms with Gasteiger partial charge in [0.05, 0.1) is 10.8 Å². The Morgan fingerprint density at radius 2 is 2.00 bits per heavy atom. The lowest BCUT2D eigenvalue weighted by Crippen LogP contribution is -2.43. The molecule has 1 aliphatic rings. The van der Waals surface area contributed by atoms with Crippen molar-refractivity contribution < 1.29 is 13.7 Å². The third-order valence-electron chi connectivity index (χ3n) is 3.35. The number of amides is 1. The molecular formula is C15H23N3O3S. The number of carbonyl (C=O) groups is 1. The van der Waals surface area contributed by atoms with Crippen LogP contribution in [0.2, 0.25) is 0 Å². The minimum atomic E-state index is -1.23. The van der Waals surface area contributed by atoms with E-state index in [1.165, 1.54) is 0 Å². The summed E-state index contributed by atoms with van der Waals surface area (Å²) in [5.74, 6) is 0. The summed E-state index contributed by atoms with van der Waals surface area (Å²) in [6, 6.07) is 1.78. The van der Waals surface area contributed by atoms with Crippen LogP contribution in [0.1, 0.15) is 39.3 Å². The first-order chi connectivity index (χ1) is 10.3. The Morgan fingerprint density at radius 1 is 1.36 bits per heavy atom. The molecule has 0 spiro atoms. The van der Waals surface area contributed by atoms with Gasteiger partial charge >= 0.3 is 6.09 Å². The van der Waals surface area contributed by atoms with E-state index >= 15 is 0 Å². The van der Waals surface area contributed by atoms with E-state index in [2.05, 4.69) is 9.97 Å². The van der Waals surface area contributed by atoms with E-state index in [1.54, 1.807) is 17.2 Å². The van der Waals surface area contributed by atoms with Crippen LogP contribution in [0.15, 0.2) is 17.4 Å². The molecule has 0 aliphatic carbocycles. The first kappa shape index (κ1) is 16.9. The molecule has 0 bridgehead atoms. The highest BCUT2D eigenvalue weighted by Gasteiger charge is 2.30. The van der Waals surface area contributed by atoms with Crippen molar-refractivity contribution in [1.29, 1.82) is 0 Å². The van der Waals surface area contributed by atoms with Crippen LogP contribution in [0.5, 0.6) is 0 Å². The van der Waals surface area contributed by atoms with Crippen LogP contribution in [-0.4, -0.2) is 49.1 Å². The molecule has 122 valence electrons. The lowest BCUT2D eigenvalue weighted by molar-refractivity contribution is 0.0218. The molecule has 0 N–H and O–H groups in total. The molecule has 1 atom stereocenters. The minimum Gasteiger partial charge on any atom is -0.444 e. The maximum atomic E-state index is 12.5. The first-order valence-corrected chi connectivity index (χ1v) is 8.66. The number of likely N-dealkylation sites (tertiary alicyclic amines) is 1. The largest absolute Gasteiger partial charge is 0.444 e. The summed E-state index contributed by atoms with van der Waals surface area (Å²) in [4.78, 5) is 22.0. The third kappa shape index (κ3) is 4.50. The van der Waals surface area contributed by atoms with Gasteiger partial charge in [0, 0.05) is 30.2 Å². The number of hydrogen-bond donors (Lipinski definition) is 0. The van der Waals surface area contributed by atoms with Crippen LogP contribution in [-0.2, 0) is 15.5 Å². The molecule has 1 fully saturated rings. The number of carbonyl (C=O) groups excluding carboxylic acids is 1. The summed E-state index contributed by atoms with van der Waals surface area (Å²) in [6.07, 6.45) is 2.67. The highest BCUT2D eigenvalue weighted by molar-refractivity contribution is 7.85. The summed E-state index contributed by atoms with van der Waals surface area (Å²) < 4.78 is 17.9. The minimum absolute atomic E-state index is 0.0134. The van der Waals surface area contributed by atoms with E-state index in [1.807, 2.05) is 27.7 Å². The highest BCUT2D eigenvalue weighted by Crippen LogP contribution is 2.21. The number of rotatable bonds is 2. The van der Waals surface area contributed by atoms with Crippen molar-refractivity contribution >= 4 is 16.9 Å². The number of ether oxygens (including phenoxy) is 1. The van der Waals surface area contributed by atoms with Crippen molar-refractivity contribution in [1.82, 2.24) is 14.9 Å². The van der Waals surface area contributed by atoms with Gasteiger partial charge in [-0.25, -0.2) is 14.8 Å². The average molecular weight is 325 g/mol. The second-order valence-corrected chi connectivity index (χ2v) is 8.07. The third-order valence-corrected chi connectivity index (χ3v) is 4.98. The fourth-order valence-electron chi connectivity index (χ4n) is 2.25. The Hall–Kier alpha value is -1.50. The van der Waals surface area contributed by atoms with Crippen LogP contribution < -0.4 is 0 Å². The Morgan fingerprint density at radius 3 is 2.55 bits per heavy atom. The summed E-state index contributed by atoms with van der Waals surface area (Å²) in [5.41, 5.74) is 0.316. The molecular weight excluding hydrogens is 302 g/mol. The van der Waals surface area contributed by atoms with Gasteiger partial charge in [-0.3, -0.25) is 4.21 Å². The van der Waals surface area contributed by atoms with Gasteiger partial charge in [-0.2, -0.15) is 0 Å². The normalized spacial score (nSPS) is 18.1. The van der Waals surface area contributed by atoms with Crippen molar-refractivity contribution in [3.05, 3.63) is 18.0 Å². The zero-order valence-electron chi connectivity index (χ0n) is 13.5. The molecule has 6 nitrogen and oxygen atoms in total. The van der Waals surface area contributed by atoms with Gasteiger partial charge in [0.25, 0.3) is 0 Å². The lowest BCUT2D eigenvalue weighted by Gasteiger charge is -2.32. The fourth-order valence-corrected chi connectivity index (χ4v) is 3.59. The molecule has 1 aromatic rings. The van der Waals surface area contributed by atoms with Gasteiger partial charge in [-0.15, -0.1) is 0 Å². The van der Waals surface area contributed by atoms with Crippen LogP contribution in [0.25, 0.3) is 0 Å². The number of aryl methyl sites for hydroxylation is 1. The predicted octanol–water partition coefficient (Wildman–Crippen LogP) is 2.29. The zero-order valence-corrected chi connectivity index (χ0v) is 14.4. The fraction of sp³-hybridized carbons (Fsp3) is 0.667. The van der Waals surface area contributed by atoms with Crippen LogP contribution in [0.3, 0.4) is 0 Å². The van der Waals surface area contributed by atoms with E-state index < -0.39 is 16.4 Å². The van der Waals surface area contributed by atoms with Gasteiger partial charge in [0.1, 0.15) is 5.60 Å². The number of hydrogen-bond acceptors (Lipinski definition) is 5. The first-order valence-electron chi connectivity index (χ1n) is 7.44. The Balaban J connectivity index is 1.92. The summed E-state index contributed by atoms with van der Waals surface area (Å²) >= 11 is 0. The zero-order chi connectivity index (χ0) is 16.3. The van der Waals surface area contributed by atoms with E-state index in [9.17, 15) is 9.00 Å². The second-order valence-electron chi connectivity index (χ2n) is 6.44. The molecule has 1 aromatic heterocycles.